The first-order valence-electron chi connectivity index (χ1n) is 19.6. The lowest BCUT2D eigenvalue weighted by atomic mass is 10.0. The number of rotatable bonds is 34. The van der Waals surface area contributed by atoms with E-state index in [1.807, 2.05) is 13.8 Å². The van der Waals surface area contributed by atoms with Crippen molar-refractivity contribution in [2.75, 3.05) is 19.8 Å². The van der Waals surface area contributed by atoms with Crippen LogP contribution >= 0.6 is 0 Å². The van der Waals surface area contributed by atoms with Crippen LogP contribution in [0.25, 0.3) is 0 Å². The summed E-state index contributed by atoms with van der Waals surface area (Å²) in [5, 5.41) is 0. The molecule has 3 heteroatoms. The molecular formula is C40H80O3. The van der Waals surface area contributed by atoms with Crippen molar-refractivity contribution in [1.29, 1.82) is 0 Å². The highest BCUT2D eigenvalue weighted by Gasteiger charge is 2.02. The third kappa shape index (κ3) is 45.7. The van der Waals surface area contributed by atoms with Crippen LogP contribution in [0.15, 0.2) is 12.2 Å². The van der Waals surface area contributed by atoms with E-state index < -0.39 is 0 Å². The molecule has 0 spiro atoms. The van der Waals surface area contributed by atoms with Crippen molar-refractivity contribution < 1.29 is 14.3 Å². The van der Waals surface area contributed by atoms with Gasteiger partial charge in [0.25, 0.3) is 0 Å². The van der Waals surface area contributed by atoms with Crippen molar-refractivity contribution >= 4 is 5.97 Å². The van der Waals surface area contributed by atoms with Gasteiger partial charge in [0, 0.05) is 19.6 Å². The molecule has 0 unspecified atom stereocenters. The zero-order valence-corrected chi connectivity index (χ0v) is 30.2. The molecule has 0 saturated heterocycles. The molecule has 3 nitrogen and oxygen atoms in total. The van der Waals surface area contributed by atoms with E-state index in [0.717, 1.165) is 26.1 Å². The van der Waals surface area contributed by atoms with Crippen molar-refractivity contribution in [3.63, 3.8) is 0 Å². The third-order valence-corrected chi connectivity index (χ3v) is 8.31. The van der Waals surface area contributed by atoms with Gasteiger partial charge >= 0.3 is 5.97 Å². The summed E-state index contributed by atoms with van der Waals surface area (Å²) in [6.07, 6.45) is 44.1. The Balaban J connectivity index is 0. The van der Waals surface area contributed by atoms with Gasteiger partial charge in [-0.15, -0.1) is 0 Å². The summed E-state index contributed by atoms with van der Waals surface area (Å²) in [5.41, 5.74) is 0. The van der Waals surface area contributed by atoms with E-state index >= 15 is 0 Å². The van der Waals surface area contributed by atoms with Gasteiger partial charge in [-0.25, -0.2) is 0 Å². The molecule has 0 amide bonds. The van der Waals surface area contributed by atoms with Crippen LogP contribution in [-0.4, -0.2) is 25.8 Å². The van der Waals surface area contributed by atoms with Crippen LogP contribution in [0.4, 0.5) is 0 Å². The SMILES string of the molecule is CCCCCCCC/C=C\CCCCCCCCOC(=O)CCCCCCCCCCCCCCCCC.CCOCC. The maximum absolute atomic E-state index is 11.9. The molecule has 0 aromatic carbocycles. The lowest BCUT2D eigenvalue weighted by molar-refractivity contribution is -0.143. The average molecular weight is 609 g/mol. The van der Waals surface area contributed by atoms with Gasteiger partial charge in [-0.3, -0.25) is 4.79 Å². The maximum atomic E-state index is 11.9. The fourth-order valence-electron chi connectivity index (χ4n) is 5.45. The van der Waals surface area contributed by atoms with E-state index in [4.69, 9.17) is 9.47 Å². The van der Waals surface area contributed by atoms with E-state index in [1.54, 1.807) is 0 Å². The summed E-state index contributed by atoms with van der Waals surface area (Å²) in [6.45, 7) is 10.9. The molecule has 0 bridgehead atoms. The number of carbonyl (C=O) groups excluding carboxylic acids is 1. The summed E-state index contributed by atoms with van der Waals surface area (Å²) in [6, 6.07) is 0. The predicted octanol–water partition coefficient (Wildman–Crippen LogP) is 13.9. The molecule has 0 rings (SSSR count). The van der Waals surface area contributed by atoms with Gasteiger partial charge in [0.2, 0.25) is 0 Å². The summed E-state index contributed by atoms with van der Waals surface area (Å²) < 4.78 is 10.3. The van der Waals surface area contributed by atoms with Gasteiger partial charge < -0.3 is 9.47 Å². The molecular weight excluding hydrogens is 528 g/mol. The van der Waals surface area contributed by atoms with Crippen molar-refractivity contribution in [2.45, 2.75) is 220 Å². The molecule has 0 heterocycles. The Morgan fingerprint density at radius 3 is 1.09 bits per heavy atom. The molecule has 0 aromatic rings. The normalized spacial score (nSPS) is 11.2. The number of unbranched alkanes of at least 4 members (excludes halogenated alkanes) is 26. The second kappa shape index (κ2) is 43.3. The summed E-state index contributed by atoms with van der Waals surface area (Å²) >= 11 is 0. The van der Waals surface area contributed by atoms with Gasteiger partial charge in [-0.1, -0.05) is 174 Å². The average Bonchev–Trinajstić information content (AvgIpc) is 3.01. The smallest absolute Gasteiger partial charge is 0.305 e. The van der Waals surface area contributed by atoms with E-state index in [0.29, 0.717) is 13.0 Å². The summed E-state index contributed by atoms with van der Waals surface area (Å²) in [4.78, 5) is 11.9. The van der Waals surface area contributed by atoms with Crippen LogP contribution in [0.1, 0.15) is 220 Å². The first kappa shape index (κ1) is 44.3. The number of carbonyl (C=O) groups is 1. The number of allylic oxidation sites excluding steroid dienone is 2. The Hall–Kier alpha value is -0.830. The van der Waals surface area contributed by atoms with Gasteiger partial charge in [0.1, 0.15) is 0 Å². The second-order valence-corrected chi connectivity index (χ2v) is 12.6. The molecule has 258 valence electrons. The van der Waals surface area contributed by atoms with Crippen LogP contribution in [0.5, 0.6) is 0 Å². The first-order chi connectivity index (χ1) is 21.2. The highest BCUT2D eigenvalue weighted by atomic mass is 16.5. The van der Waals surface area contributed by atoms with Gasteiger partial charge in [-0.2, -0.15) is 0 Å². The van der Waals surface area contributed by atoms with E-state index in [1.165, 1.54) is 173 Å². The molecule has 0 aliphatic carbocycles. The zero-order valence-electron chi connectivity index (χ0n) is 30.2. The quantitative estimate of drug-likeness (QED) is 0.0414. The fraction of sp³-hybridized carbons (Fsp3) is 0.925. The summed E-state index contributed by atoms with van der Waals surface area (Å²) in [5.74, 6) is 0.0208. The fourth-order valence-corrected chi connectivity index (χ4v) is 5.45. The maximum Gasteiger partial charge on any atom is 0.305 e. The van der Waals surface area contributed by atoms with Crippen molar-refractivity contribution in [1.82, 2.24) is 0 Å². The largest absolute Gasteiger partial charge is 0.466 e. The van der Waals surface area contributed by atoms with Crippen LogP contribution in [-0.2, 0) is 14.3 Å². The minimum absolute atomic E-state index is 0.0208. The van der Waals surface area contributed by atoms with Crippen LogP contribution in [0, 0.1) is 0 Å². The number of ether oxygens (including phenoxy) is 2. The number of hydrogen-bond donors (Lipinski definition) is 0. The van der Waals surface area contributed by atoms with Gasteiger partial charge in [0.05, 0.1) is 6.61 Å². The molecule has 0 aliphatic rings. The minimum Gasteiger partial charge on any atom is -0.466 e. The van der Waals surface area contributed by atoms with Crippen molar-refractivity contribution in [3.8, 4) is 0 Å². The molecule has 0 fully saturated rings. The van der Waals surface area contributed by atoms with Gasteiger partial charge in [0.15, 0.2) is 0 Å². The third-order valence-electron chi connectivity index (χ3n) is 8.31. The standard InChI is InChI=1S/C36H70O2.C4H10O/c1-3-5-7-9-11-13-15-17-19-21-23-25-27-29-31-33-35-38-36(37)34-32-30-28-26-24-22-20-18-16-14-12-10-8-6-4-2;1-3-5-4-2/h17,19H,3-16,18,20-35H2,1-2H3;3-4H2,1-2H3/b19-17-;. The zero-order chi connectivity index (χ0) is 31.7. The minimum atomic E-state index is 0.0208. The lowest BCUT2D eigenvalue weighted by Crippen LogP contribution is -2.05. The lowest BCUT2D eigenvalue weighted by Gasteiger charge is -2.05. The Bertz CT molecular complexity index is 514. The Labute approximate surface area is 272 Å². The first-order valence-corrected chi connectivity index (χ1v) is 19.6. The van der Waals surface area contributed by atoms with Crippen LogP contribution in [0.2, 0.25) is 0 Å². The Morgan fingerprint density at radius 2 is 0.744 bits per heavy atom. The summed E-state index contributed by atoms with van der Waals surface area (Å²) in [7, 11) is 0. The monoisotopic (exact) mass is 609 g/mol. The van der Waals surface area contributed by atoms with E-state index in [9.17, 15) is 4.79 Å². The van der Waals surface area contributed by atoms with Crippen molar-refractivity contribution in [2.24, 2.45) is 0 Å². The Morgan fingerprint density at radius 1 is 0.419 bits per heavy atom. The Kier molecular flexibility index (Phi) is 44.6. The highest BCUT2D eigenvalue weighted by molar-refractivity contribution is 5.69. The second-order valence-electron chi connectivity index (χ2n) is 12.6. The van der Waals surface area contributed by atoms with Gasteiger partial charge in [-0.05, 0) is 52.4 Å². The van der Waals surface area contributed by atoms with E-state index in [-0.39, 0.29) is 5.97 Å². The molecule has 0 N–H and O–H groups in total. The molecule has 0 aromatic heterocycles. The van der Waals surface area contributed by atoms with Crippen LogP contribution in [0.3, 0.4) is 0 Å². The highest BCUT2D eigenvalue weighted by Crippen LogP contribution is 2.14. The van der Waals surface area contributed by atoms with Crippen molar-refractivity contribution in [3.05, 3.63) is 12.2 Å². The number of hydrogen-bond acceptors (Lipinski definition) is 3. The van der Waals surface area contributed by atoms with E-state index in [2.05, 4.69) is 26.0 Å². The number of esters is 1. The van der Waals surface area contributed by atoms with Crippen LogP contribution < -0.4 is 0 Å². The topological polar surface area (TPSA) is 35.5 Å². The predicted molar refractivity (Wildman–Crippen MR) is 192 cm³/mol. The molecule has 0 saturated carbocycles. The molecule has 0 aliphatic heterocycles. The molecule has 43 heavy (non-hydrogen) atoms. The molecule has 0 atom stereocenters. The molecule has 0 radical (unpaired) electrons.